The van der Waals surface area contributed by atoms with Crippen LogP contribution < -0.4 is 10.6 Å². The summed E-state index contributed by atoms with van der Waals surface area (Å²) >= 11 is 0. The fraction of sp³-hybridized carbons (Fsp3) is 0.750. The van der Waals surface area contributed by atoms with Crippen molar-refractivity contribution >= 4 is 6.09 Å². The van der Waals surface area contributed by atoms with Gasteiger partial charge in [0.15, 0.2) is 0 Å². The molecule has 0 aliphatic carbocycles. The highest BCUT2D eigenvalue weighted by molar-refractivity contribution is 5.67. The monoisotopic (exact) mass is 228 g/mol. The van der Waals surface area contributed by atoms with Crippen LogP contribution in [0.3, 0.4) is 0 Å². The van der Waals surface area contributed by atoms with Crippen LogP contribution in [0.2, 0.25) is 0 Å². The summed E-state index contributed by atoms with van der Waals surface area (Å²) < 4.78 is 5.12. The quantitative estimate of drug-likeness (QED) is 0.708. The van der Waals surface area contributed by atoms with Crippen molar-refractivity contribution in [3.63, 3.8) is 0 Å². The molecular weight excluding hydrogens is 204 g/mol. The minimum atomic E-state index is -0.446. The molecule has 0 aliphatic heterocycles. The van der Waals surface area contributed by atoms with Crippen molar-refractivity contribution in [1.29, 1.82) is 0 Å². The Morgan fingerprint density at radius 3 is 2.44 bits per heavy atom. The number of hydrogen-bond acceptors (Lipinski definition) is 3. The third-order valence-electron chi connectivity index (χ3n) is 1.70. The van der Waals surface area contributed by atoms with Crippen LogP contribution >= 0.6 is 0 Å². The zero-order valence-electron chi connectivity index (χ0n) is 11.0. The molecule has 16 heavy (non-hydrogen) atoms. The van der Waals surface area contributed by atoms with Crippen molar-refractivity contribution in [2.24, 2.45) is 0 Å². The van der Waals surface area contributed by atoms with Gasteiger partial charge in [-0.1, -0.05) is 12.2 Å². The Morgan fingerprint density at radius 1 is 1.44 bits per heavy atom. The lowest BCUT2D eigenvalue weighted by molar-refractivity contribution is 0.0523. The number of alkyl carbamates (subject to hydrolysis) is 1. The third-order valence-corrected chi connectivity index (χ3v) is 1.70. The zero-order valence-corrected chi connectivity index (χ0v) is 11.0. The Balaban J connectivity index is 3.71. The molecule has 0 aromatic carbocycles. The molecule has 0 saturated carbocycles. The first kappa shape index (κ1) is 15.0. The lowest BCUT2D eigenvalue weighted by atomic mass is 10.2. The van der Waals surface area contributed by atoms with E-state index in [-0.39, 0.29) is 12.1 Å². The molecule has 0 fully saturated rings. The zero-order chi connectivity index (χ0) is 12.8. The van der Waals surface area contributed by atoms with E-state index in [2.05, 4.69) is 17.2 Å². The Morgan fingerprint density at radius 2 is 2.00 bits per heavy atom. The summed E-state index contributed by atoms with van der Waals surface area (Å²) in [4.78, 5) is 11.3. The smallest absolute Gasteiger partial charge is 0.407 e. The van der Waals surface area contributed by atoms with Crippen molar-refractivity contribution in [2.75, 3.05) is 13.1 Å². The molecule has 1 amide bonds. The number of amides is 1. The predicted octanol–water partition coefficient (Wildman–Crippen LogP) is 2.07. The average Bonchev–Trinajstić information content (AvgIpc) is 2.08. The molecule has 0 bridgehead atoms. The SMILES string of the molecule is C=C(C)CNC(C)CNC(=O)OC(C)(C)C. The van der Waals surface area contributed by atoms with Crippen LogP contribution in [-0.2, 0) is 4.74 Å². The largest absolute Gasteiger partial charge is 0.444 e. The van der Waals surface area contributed by atoms with Crippen molar-refractivity contribution in [3.05, 3.63) is 12.2 Å². The first-order valence-corrected chi connectivity index (χ1v) is 5.55. The second-order valence-electron chi connectivity index (χ2n) is 5.12. The maximum atomic E-state index is 11.3. The number of ether oxygens (including phenoxy) is 1. The van der Waals surface area contributed by atoms with E-state index < -0.39 is 5.60 Å². The van der Waals surface area contributed by atoms with Crippen molar-refractivity contribution in [1.82, 2.24) is 10.6 Å². The van der Waals surface area contributed by atoms with Gasteiger partial charge in [-0.2, -0.15) is 0 Å². The van der Waals surface area contributed by atoms with Gasteiger partial charge in [0.2, 0.25) is 0 Å². The van der Waals surface area contributed by atoms with Gasteiger partial charge < -0.3 is 15.4 Å². The molecule has 0 saturated heterocycles. The van der Waals surface area contributed by atoms with E-state index in [9.17, 15) is 4.79 Å². The van der Waals surface area contributed by atoms with Gasteiger partial charge in [0.1, 0.15) is 5.60 Å². The standard InChI is InChI=1S/C12H24N2O2/c1-9(2)7-13-10(3)8-14-11(15)16-12(4,5)6/h10,13H,1,7-8H2,2-6H3,(H,14,15). The fourth-order valence-corrected chi connectivity index (χ4v) is 0.971. The first-order valence-electron chi connectivity index (χ1n) is 5.55. The fourth-order valence-electron chi connectivity index (χ4n) is 0.971. The summed E-state index contributed by atoms with van der Waals surface area (Å²) in [5, 5.41) is 5.94. The van der Waals surface area contributed by atoms with Gasteiger partial charge in [0.25, 0.3) is 0 Å². The van der Waals surface area contributed by atoms with Gasteiger partial charge in [-0.25, -0.2) is 4.79 Å². The molecule has 0 heterocycles. The summed E-state index contributed by atoms with van der Waals surface area (Å²) in [6.07, 6.45) is -0.378. The molecule has 1 atom stereocenters. The highest BCUT2D eigenvalue weighted by Crippen LogP contribution is 2.06. The summed E-state index contributed by atoms with van der Waals surface area (Å²) in [6.45, 7) is 14.6. The molecule has 0 aliphatic rings. The minimum absolute atomic E-state index is 0.198. The molecule has 4 heteroatoms. The Hall–Kier alpha value is -1.03. The van der Waals surface area contributed by atoms with Crippen LogP contribution in [0.4, 0.5) is 4.79 Å². The normalized spacial score (nSPS) is 13.1. The van der Waals surface area contributed by atoms with E-state index in [1.807, 2.05) is 34.6 Å². The topological polar surface area (TPSA) is 50.4 Å². The molecule has 0 radical (unpaired) electrons. The number of rotatable bonds is 5. The van der Waals surface area contributed by atoms with Crippen LogP contribution in [0, 0.1) is 0 Å². The van der Waals surface area contributed by atoms with Gasteiger partial charge >= 0.3 is 6.09 Å². The summed E-state index contributed by atoms with van der Waals surface area (Å²) in [5.74, 6) is 0. The van der Waals surface area contributed by atoms with Gasteiger partial charge in [0.05, 0.1) is 0 Å². The van der Waals surface area contributed by atoms with Crippen LogP contribution in [-0.4, -0.2) is 30.8 Å². The van der Waals surface area contributed by atoms with Crippen LogP contribution in [0.15, 0.2) is 12.2 Å². The highest BCUT2D eigenvalue weighted by atomic mass is 16.6. The Kier molecular flexibility index (Phi) is 6.11. The van der Waals surface area contributed by atoms with Crippen LogP contribution in [0.25, 0.3) is 0 Å². The molecule has 0 aromatic heterocycles. The second kappa shape index (κ2) is 6.53. The molecule has 94 valence electrons. The Labute approximate surface area is 98.4 Å². The van der Waals surface area contributed by atoms with E-state index in [0.29, 0.717) is 6.54 Å². The van der Waals surface area contributed by atoms with E-state index >= 15 is 0 Å². The highest BCUT2D eigenvalue weighted by Gasteiger charge is 2.16. The molecule has 0 aromatic rings. The molecule has 0 spiro atoms. The maximum Gasteiger partial charge on any atom is 0.407 e. The molecule has 2 N–H and O–H groups in total. The van der Waals surface area contributed by atoms with Crippen molar-refractivity contribution < 1.29 is 9.53 Å². The number of nitrogens with one attached hydrogen (secondary N) is 2. The van der Waals surface area contributed by atoms with Gasteiger partial charge in [0, 0.05) is 19.1 Å². The average molecular weight is 228 g/mol. The number of hydrogen-bond donors (Lipinski definition) is 2. The van der Waals surface area contributed by atoms with E-state index in [1.165, 1.54) is 0 Å². The second-order valence-corrected chi connectivity index (χ2v) is 5.12. The summed E-state index contributed by atoms with van der Waals surface area (Å²) in [6, 6.07) is 0.198. The van der Waals surface area contributed by atoms with E-state index in [0.717, 1.165) is 12.1 Å². The third kappa shape index (κ3) is 9.52. The summed E-state index contributed by atoms with van der Waals surface area (Å²) in [5.41, 5.74) is 0.627. The van der Waals surface area contributed by atoms with Gasteiger partial charge in [-0.15, -0.1) is 0 Å². The Bertz CT molecular complexity index is 244. The first-order chi connectivity index (χ1) is 7.20. The van der Waals surface area contributed by atoms with Gasteiger partial charge in [-0.05, 0) is 34.6 Å². The molecule has 1 unspecified atom stereocenters. The maximum absolute atomic E-state index is 11.3. The lowest BCUT2D eigenvalue weighted by Gasteiger charge is -2.21. The minimum Gasteiger partial charge on any atom is -0.444 e. The molecule has 4 nitrogen and oxygen atoms in total. The number of carbonyl (C=O) groups excluding carboxylic acids is 1. The van der Waals surface area contributed by atoms with Crippen LogP contribution in [0.5, 0.6) is 0 Å². The summed E-state index contributed by atoms with van der Waals surface area (Å²) in [7, 11) is 0. The van der Waals surface area contributed by atoms with Crippen LogP contribution in [0.1, 0.15) is 34.6 Å². The van der Waals surface area contributed by atoms with Crippen molar-refractivity contribution in [3.8, 4) is 0 Å². The van der Waals surface area contributed by atoms with E-state index in [1.54, 1.807) is 0 Å². The molecule has 0 rings (SSSR count). The lowest BCUT2D eigenvalue weighted by Crippen LogP contribution is -2.41. The van der Waals surface area contributed by atoms with Crippen molar-refractivity contribution in [2.45, 2.75) is 46.3 Å². The van der Waals surface area contributed by atoms with E-state index in [4.69, 9.17) is 4.74 Å². The molecular formula is C12H24N2O2. The van der Waals surface area contributed by atoms with Gasteiger partial charge in [-0.3, -0.25) is 0 Å². The number of carbonyl (C=O) groups is 1. The predicted molar refractivity (Wildman–Crippen MR) is 66.5 cm³/mol.